The molecule has 0 radical (unpaired) electrons. The number of aromatic nitrogens is 1. The van der Waals surface area contributed by atoms with E-state index in [0.29, 0.717) is 16.7 Å². The molecule has 0 amide bonds. The normalized spacial score (nSPS) is 35.4. The Balaban J connectivity index is 1.92. The van der Waals surface area contributed by atoms with Gasteiger partial charge in [0, 0.05) is 34.4 Å². The Hall–Kier alpha value is -1.15. The predicted octanol–water partition coefficient (Wildman–Crippen LogP) is 3.91. The lowest BCUT2D eigenvalue weighted by atomic mass is 9.49. The Labute approximate surface area is 128 Å². The number of hydrogen-bond acceptors (Lipinski definition) is 0. The zero-order valence-corrected chi connectivity index (χ0v) is 13.0. The van der Waals surface area contributed by atoms with E-state index in [1.165, 1.54) is 24.8 Å². The van der Waals surface area contributed by atoms with Crippen molar-refractivity contribution >= 4 is 15.9 Å². The Bertz CT molecular complexity index is 542. The van der Waals surface area contributed by atoms with Gasteiger partial charge < -0.3 is 0 Å². The Morgan fingerprint density at radius 3 is 2.10 bits per heavy atom. The number of hydrogen-bond donors (Lipinski definition) is 0. The summed E-state index contributed by atoms with van der Waals surface area (Å²) in [6.07, 6.45) is 8.51. The summed E-state index contributed by atoms with van der Waals surface area (Å²) in [6.45, 7) is 0. The molecule has 2 unspecified atom stereocenters. The summed E-state index contributed by atoms with van der Waals surface area (Å²) >= 11 is 3.96. The monoisotopic (exact) mass is 328 g/mol. The number of nitrogens with zero attached hydrogens (tertiary/aromatic N) is 1. The van der Waals surface area contributed by atoms with Gasteiger partial charge in [-0.3, -0.25) is 0 Å². The maximum absolute atomic E-state index is 3.96. The molecule has 2 fully saturated rings. The molecule has 1 aromatic heterocycles. The molecule has 2 aromatic rings. The number of pyridine rings is 1. The molecule has 4 rings (SSSR count). The van der Waals surface area contributed by atoms with Gasteiger partial charge in [-0.25, -0.2) is 0 Å². The highest BCUT2D eigenvalue weighted by molar-refractivity contribution is 9.09. The van der Waals surface area contributed by atoms with E-state index >= 15 is 0 Å². The van der Waals surface area contributed by atoms with E-state index in [2.05, 4.69) is 81.4 Å². The van der Waals surface area contributed by atoms with Gasteiger partial charge in [0.1, 0.15) is 0 Å². The molecule has 0 spiro atoms. The van der Waals surface area contributed by atoms with Crippen molar-refractivity contribution in [3.05, 3.63) is 66.5 Å². The average molecular weight is 329 g/mol. The summed E-state index contributed by atoms with van der Waals surface area (Å²) in [4.78, 5) is 0.671. The van der Waals surface area contributed by atoms with Crippen molar-refractivity contribution in [2.45, 2.75) is 29.6 Å². The zero-order valence-electron chi connectivity index (χ0n) is 11.5. The van der Waals surface area contributed by atoms with Gasteiger partial charge in [0.05, 0.1) is 0 Å². The Morgan fingerprint density at radius 1 is 0.900 bits per heavy atom. The van der Waals surface area contributed by atoms with E-state index in [-0.39, 0.29) is 5.54 Å². The highest BCUT2D eigenvalue weighted by Gasteiger charge is 2.69. The number of halogens is 1. The van der Waals surface area contributed by atoms with Crippen LogP contribution in [0.25, 0.3) is 0 Å². The molecule has 20 heavy (non-hydrogen) atoms. The third kappa shape index (κ3) is 1.52. The molecule has 2 heteroatoms. The fraction of sp³-hybridized carbons (Fsp3) is 0.389. The predicted molar refractivity (Wildman–Crippen MR) is 83.7 cm³/mol. The van der Waals surface area contributed by atoms with Crippen LogP contribution in [0.15, 0.2) is 60.9 Å². The van der Waals surface area contributed by atoms with Gasteiger partial charge in [-0.05, 0) is 12.8 Å². The van der Waals surface area contributed by atoms with Crippen LogP contribution in [-0.4, -0.2) is 4.83 Å². The van der Waals surface area contributed by atoms with Crippen LogP contribution in [0.4, 0.5) is 0 Å². The molecule has 1 nitrogen and oxygen atoms in total. The fourth-order valence-electron chi connectivity index (χ4n) is 4.55. The van der Waals surface area contributed by atoms with Crippen LogP contribution in [0.3, 0.4) is 0 Å². The SMILES string of the molecule is BrC1[C@H]2CCC[C@@H]1C2(c1ccccc1)[n+]1ccccc1. The van der Waals surface area contributed by atoms with E-state index in [0.717, 1.165) is 0 Å². The van der Waals surface area contributed by atoms with Gasteiger partial charge >= 0.3 is 0 Å². The van der Waals surface area contributed by atoms with Crippen LogP contribution in [0.2, 0.25) is 0 Å². The summed E-state index contributed by atoms with van der Waals surface area (Å²) in [5.41, 5.74) is 1.64. The van der Waals surface area contributed by atoms with Gasteiger partial charge in [-0.15, -0.1) is 0 Å². The van der Waals surface area contributed by atoms with Crippen LogP contribution in [0.5, 0.6) is 0 Å². The number of fused-ring (bicyclic) bond motifs is 2. The summed E-state index contributed by atoms with van der Waals surface area (Å²) in [6, 6.07) is 17.5. The van der Waals surface area contributed by atoms with E-state index in [4.69, 9.17) is 0 Å². The van der Waals surface area contributed by atoms with Crippen LogP contribution in [0, 0.1) is 11.8 Å². The minimum Gasteiger partial charge on any atom is -0.195 e. The first kappa shape index (κ1) is 12.6. The van der Waals surface area contributed by atoms with Crippen molar-refractivity contribution in [1.29, 1.82) is 0 Å². The first-order valence-corrected chi connectivity index (χ1v) is 8.43. The fourth-order valence-corrected chi connectivity index (χ4v) is 5.88. The zero-order chi connectivity index (χ0) is 13.6. The molecule has 0 saturated heterocycles. The first-order chi connectivity index (χ1) is 9.85. The Kier molecular flexibility index (Phi) is 2.95. The molecule has 2 bridgehead atoms. The van der Waals surface area contributed by atoms with Gasteiger partial charge in [0.15, 0.2) is 12.4 Å². The van der Waals surface area contributed by atoms with Gasteiger partial charge in [-0.1, -0.05) is 58.7 Å². The molecule has 1 heterocycles. The second-order valence-corrected chi connectivity index (χ2v) is 7.12. The lowest BCUT2D eigenvalue weighted by Gasteiger charge is -2.58. The number of alkyl halides is 1. The maximum Gasteiger partial charge on any atom is 0.200 e. The molecule has 2 aliphatic carbocycles. The molecule has 0 N–H and O–H groups in total. The van der Waals surface area contributed by atoms with Gasteiger partial charge in [0.2, 0.25) is 5.54 Å². The van der Waals surface area contributed by atoms with E-state index in [1.54, 1.807) is 0 Å². The molecule has 2 saturated carbocycles. The van der Waals surface area contributed by atoms with Crippen LogP contribution in [0.1, 0.15) is 24.8 Å². The summed E-state index contributed by atoms with van der Waals surface area (Å²) < 4.78 is 2.47. The van der Waals surface area contributed by atoms with Crippen molar-refractivity contribution in [3.8, 4) is 0 Å². The van der Waals surface area contributed by atoms with Crippen molar-refractivity contribution < 1.29 is 4.57 Å². The van der Waals surface area contributed by atoms with Gasteiger partial charge in [-0.2, -0.15) is 4.57 Å². The van der Waals surface area contributed by atoms with Gasteiger partial charge in [0.25, 0.3) is 0 Å². The molecule has 4 atom stereocenters. The highest BCUT2D eigenvalue weighted by atomic mass is 79.9. The van der Waals surface area contributed by atoms with E-state index < -0.39 is 0 Å². The molecule has 1 aromatic carbocycles. The number of rotatable bonds is 2. The standard InChI is InChI=1S/C18H19BrN/c19-17-15-10-7-11-16(17)18(15,14-8-3-1-4-9-14)20-12-5-2-6-13-20/h1-6,8-9,12-13,15-17H,7,10-11H2/q+1/t15-,16+,17?,18?. The lowest BCUT2D eigenvalue weighted by molar-refractivity contribution is -0.785. The second kappa shape index (κ2) is 4.70. The quantitative estimate of drug-likeness (QED) is 0.581. The summed E-state index contributed by atoms with van der Waals surface area (Å²) in [5.74, 6) is 1.41. The smallest absolute Gasteiger partial charge is 0.195 e. The molecule has 0 aliphatic heterocycles. The van der Waals surface area contributed by atoms with Crippen molar-refractivity contribution in [3.63, 3.8) is 0 Å². The Morgan fingerprint density at radius 2 is 1.50 bits per heavy atom. The summed E-state index contributed by atoms with van der Waals surface area (Å²) in [7, 11) is 0. The second-order valence-electron chi connectivity index (χ2n) is 6.06. The molecular formula is C18H19BrN+. The third-order valence-electron chi connectivity index (χ3n) is 5.31. The van der Waals surface area contributed by atoms with E-state index in [9.17, 15) is 0 Å². The first-order valence-electron chi connectivity index (χ1n) is 7.51. The topological polar surface area (TPSA) is 3.88 Å². The average Bonchev–Trinajstić information content (AvgIpc) is 2.55. The molecular weight excluding hydrogens is 310 g/mol. The minimum atomic E-state index is 0.162. The lowest BCUT2D eigenvalue weighted by Crippen LogP contribution is -2.77. The number of benzene rings is 1. The van der Waals surface area contributed by atoms with Crippen LogP contribution < -0.4 is 4.57 Å². The van der Waals surface area contributed by atoms with Crippen LogP contribution >= 0.6 is 15.9 Å². The molecule has 102 valence electrons. The maximum atomic E-state index is 3.96. The van der Waals surface area contributed by atoms with Crippen LogP contribution in [-0.2, 0) is 5.54 Å². The highest BCUT2D eigenvalue weighted by Crippen LogP contribution is 2.61. The van der Waals surface area contributed by atoms with E-state index in [1.807, 2.05) is 0 Å². The third-order valence-corrected chi connectivity index (χ3v) is 6.58. The molecule has 2 aliphatic rings. The largest absolute Gasteiger partial charge is 0.200 e. The minimum absolute atomic E-state index is 0.162. The van der Waals surface area contributed by atoms with Crippen molar-refractivity contribution in [2.75, 3.05) is 0 Å². The van der Waals surface area contributed by atoms with Crippen molar-refractivity contribution in [1.82, 2.24) is 0 Å². The summed E-state index contributed by atoms with van der Waals surface area (Å²) in [5, 5.41) is 0. The van der Waals surface area contributed by atoms with Crippen molar-refractivity contribution in [2.24, 2.45) is 11.8 Å².